The smallest absolute Gasteiger partial charge is 0.240 e. The van der Waals surface area contributed by atoms with E-state index < -0.39 is 10.0 Å². The first-order valence-corrected chi connectivity index (χ1v) is 12.2. The molecule has 2 aromatic rings. The highest BCUT2D eigenvalue weighted by atomic mass is 32.2. The number of sulfonamides is 1. The maximum atomic E-state index is 12.4. The first kappa shape index (κ1) is 21.8. The van der Waals surface area contributed by atoms with E-state index in [0.717, 1.165) is 37.5 Å². The number of benzene rings is 1. The van der Waals surface area contributed by atoms with Gasteiger partial charge in [-0.25, -0.2) is 18.1 Å². The molecule has 1 saturated heterocycles. The van der Waals surface area contributed by atoms with Crippen molar-refractivity contribution in [3.63, 3.8) is 0 Å². The lowest BCUT2D eigenvalue weighted by Crippen LogP contribution is -2.36. The summed E-state index contributed by atoms with van der Waals surface area (Å²) < 4.78 is 33.0. The Bertz CT molecular complexity index is 875. The zero-order chi connectivity index (χ0) is 20.5. The average Bonchev–Trinajstić information content (AvgIpc) is 3.43. The van der Waals surface area contributed by atoms with Gasteiger partial charge in [-0.1, -0.05) is 18.2 Å². The number of nitrogens with zero attached hydrogens (tertiary/aromatic N) is 1. The van der Waals surface area contributed by atoms with Crippen LogP contribution in [0.1, 0.15) is 30.2 Å². The first-order chi connectivity index (χ1) is 14.1. The summed E-state index contributed by atoms with van der Waals surface area (Å²) in [4.78, 5) is 6.07. The third kappa shape index (κ3) is 6.81. The summed E-state index contributed by atoms with van der Waals surface area (Å²) in [6.07, 6.45) is 1.86. The first-order valence-electron chi connectivity index (χ1n) is 9.81. The lowest BCUT2D eigenvalue weighted by Gasteiger charge is -2.12. The lowest BCUT2D eigenvalue weighted by atomic mass is 10.2. The number of guanidine groups is 1. The molecular weight excluding hydrogens is 408 g/mol. The number of hydrogen-bond donors (Lipinski definition) is 3. The van der Waals surface area contributed by atoms with Gasteiger partial charge in [-0.05, 0) is 48.9 Å². The topological polar surface area (TPSA) is 91.8 Å². The third-order valence-electron chi connectivity index (χ3n) is 4.53. The highest BCUT2D eigenvalue weighted by Gasteiger charge is 2.20. The molecule has 158 valence electrons. The molecule has 7 nitrogen and oxygen atoms in total. The Morgan fingerprint density at radius 1 is 1.24 bits per heavy atom. The van der Waals surface area contributed by atoms with Crippen LogP contribution in [0.15, 0.2) is 51.7 Å². The van der Waals surface area contributed by atoms with Gasteiger partial charge < -0.3 is 15.4 Å². The molecule has 0 amide bonds. The van der Waals surface area contributed by atoms with Crippen LogP contribution in [-0.4, -0.2) is 40.2 Å². The summed E-state index contributed by atoms with van der Waals surface area (Å²) >= 11 is 1.70. The highest BCUT2D eigenvalue weighted by molar-refractivity contribution is 7.89. The molecule has 0 spiro atoms. The van der Waals surface area contributed by atoms with Crippen molar-refractivity contribution in [2.24, 2.45) is 4.99 Å². The number of thiophene rings is 1. The molecule has 1 aromatic carbocycles. The predicted octanol–water partition coefficient (Wildman–Crippen LogP) is 2.46. The van der Waals surface area contributed by atoms with E-state index >= 15 is 0 Å². The fraction of sp³-hybridized carbons (Fsp3) is 0.450. The van der Waals surface area contributed by atoms with Crippen molar-refractivity contribution in [1.82, 2.24) is 15.4 Å². The molecular formula is C20H28N4O3S2. The normalized spacial score (nSPS) is 17.4. The quantitative estimate of drug-likeness (QED) is 0.415. The summed E-state index contributed by atoms with van der Waals surface area (Å²) in [5.41, 5.74) is 0.941. The second-order valence-electron chi connectivity index (χ2n) is 6.76. The van der Waals surface area contributed by atoms with Crippen LogP contribution in [0.2, 0.25) is 0 Å². The van der Waals surface area contributed by atoms with Crippen molar-refractivity contribution in [1.29, 1.82) is 0 Å². The Labute approximate surface area is 176 Å². The van der Waals surface area contributed by atoms with Gasteiger partial charge in [0.2, 0.25) is 10.0 Å². The van der Waals surface area contributed by atoms with Crippen molar-refractivity contribution < 1.29 is 13.2 Å². The summed E-state index contributed by atoms with van der Waals surface area (Å²) in [5.74, 6) is 0.732. The Kier molecular flexibility index (Phi) is 8.05. The predicted molar refractivity (Wildman–Crippen MR) is 117 cm³/mol. The molecule has 3 N–H and O–H groups in total. The van der Waals surface area contributed by atoms with Gasteiger partial charge in [0.15, 0.2) is 5.96 Å². The van der Waals surface area contributed by atoms with Gasteiger partial charge in [0, 0.05) is 24.6 Å². The molecule has 1 unspecified atom stereocenters. The summed E-state index contributed by atoms with van der Waals surface area (Å²) in [5, 5.41) is 8.57. The Morgan fingerprint density at radius 2 is 2.07 bits per heavy atom. The molecule has 1 fully saturated rings. The van der Waals surface area contributed by atoms with E-state index in [-0.39, 0.29) is 11.0 Å². The van der Waals surface area contributed by atoms with Crippen LogP contribution < -0.4 is 15.4 Å². The summed E-state index contributed by atoms with van der Waals surface area (Å²) in [7, 11) is -3.53. The standard InChI is InChI=1S/C20H28N4O3S2/c1-2-21-20(23-15-18-6-4-12-28-18)22-13-16-7-9-19(10-8-16)29(25,26)24-14-17-5-3-11-27-17/h4,6-10,12,17,24H,2-3,5,11,13-15H2,1H3,(H2,21,22,23). The second kappa shape index (κ2) is 10.7. The molecule has 0 bridgehead atoms. The maximum Gasteiger partial charge on any atom is 0.240 e. The fourth-order valence-electron chi connectivity index (χ4n) is 2.96. The largest absolute Gasteiger partial charge is 0.377 e. The summed E-state index contributed by atoms with van der Waals surface area (Å²) in [6.45, 7) is 4.99. The maximum absolute atomic E-state index is 12.4. The minimum atomic E-state index is -3.53. The van der Waals surface area contributed by atoms with Crippen molar-refractivity contribution in [2.75, 3.05) is 19.7 Å². The number of rotatable bonds is 9. The Balaban J connectivity index is 1.55. The van der Waals surface area contributed by atoms with E-state index in [9.17, 15) is 8.42 Å². The zero-order valence-electron chi connectivity index (χ0n) is 16.6. The van der Waals surface area contributed by atoms with Crippen molar-refractivity contribution >= 4 is 27.3 Å². The minimum Gasteiger partial charge on any atom is -0.377 e. The molecule has 1 aliphatic rings. The van der Waals surface area contributed by atoms with E-state index in [1.165, 1.54) is 4.88 Å². The van der Waals surface area contributed by atoms with E-state index in [4.69, 9.17) is 4.74 Å². The highest BCUT2D eigenvalue weighted by Crippen LogP contribution is 2.14. The fourth-order valence-corrected chi connectivity index (χ4v) is 4.67. The third-order valence-corrected chi connectivity index (χ3v) is 6.85. The van der Waals surface area contributed by atoms with Crippen molar-refractivity contribution in [3.05, 3.63) is 52.2 Å². The van der Waals surface area contributed by atoms with E-state index in [1.54, 1.807) is 35.6 Å². The van der Waals surface area contributed by atoms with Gasteiger partial charge >= 0.3 is 0 Å². The molecule has 0 saturated carbocycles. The lowest BCUT2D eigenvalue weighted by molar-refractivity contribution is 0.114. The number of aliphatic imine (C=N–C) groups is 1. The zero-order valence-corrected chi connectivity index (χ0v) is 18.2. The Hall–Kier alpha value is -1.94. The van der Waals surface area contributed by atoms with Crippen molar-refractivity contribution in [2.45, 2.75) is 43.9 Å². The molecule has 9 heteroatoms. The molecule has 3 rings (SSSR count). The van der Waals surface area contributed by atoms with Gasteiger partial charge in [0.25, 0.3) is 0 Å². The molecule has 1 aliphatic heterocycles. The number of hydrogen-bond acceptors (Lipinski definition) is 5. The Morgan fingerprint density at radius 3 is 2.72 bits per heavy atom. The van der Waals surface area contributed by atoms with Gasteiger partial charge in [-0.2, -0.15) is 0 Å². The molecule has 29 heavy (non-hydrogen) atoms. The molecule has 2 heterocycles. The monoisotopic (exact) mass is 436 g/mol. The molecule has 0 radical (unpaired) electrons. The van der Waals surface area contributed by atoms with Crippen LogP contribution in [0, 0.1) is 0 Å². The van der Waals surface area contributed by atoms with Gasteiger partial charge in [0.1, 0.15) is 0 Å². The SMILES string of the molecule is CCNC(=NCc1ccc(S(=O)(=O)NCC2CCCO2)cc1)NCc1cccs1. The minimum absolute atomic E-state index is 0.0236. The van der Waals surface area contributed by atoms with Crippen LogP contribution >= 0.6 is 11.3 Å². The van der Waals surface area contributed by atoms with Crippen LogP contribution in [-0.2, 0) is 27.8 Å². The molecule has 1 atom stereocenters. The van der Waals surface area contributed by atoms with Gasteiger partial charge in [0.05, 0.1) is 24.1 Å². The van der Waals surface area contributed by atoms with Crippen molar-refractivity contribution in [3.8, 4) is 0 Å². The number of ether oxygens (including phenoxy) is 1. The van der Waals surface area contributed by atoms with Gasteiger partial charge in [-0.3, -0.25) is 0 Å². The van der Waals surface area contributed by atoms with Gasteiger partial charge in [-0.15, -0.1) is 11.3 Å². The van der Waals surface area contributed by atoms with Crippen LogP contribution in [0.5, 0.6) is 0 Å². The number of nitrogens with one attached hydrogen (secondary N) is 3. The average molecular weight is 437 g/mol. The van der Waals surface area contributed by atoms with Crippen LogP contribution in [0.4, 0.5) is 0 Å². The van der Waals surface area contributed by atoms with E-state index in [2.05, 4.69) is 26.4 Å². The molecule has 0 aliphatic carbocycles. The van der Waals surface area contributed by atoms with E-state index in [1.807, 2.05) is 18.4 Å². The summed E-state index contributed by atoms with van der Waals surface area (Å²) in [6, 6.07) is 10.9. The van der Waals surface area contributed by atoms with E-state index in [0.29, 0.717) is 19.7 Å². The second-order valence-corrected chi connectivity index (χ2v) is 9.56. The molecule has 1 aromatic heterocycles. The van der Waals surface area contributed by atoms with Crippen LogP contribution in [0.25, 0.3) is 0 Å². The van der Waals surface area contributed by atoms with Crippen LogP contribution in [0.3, 0.4) is 0 Å².